The minimum Gasteiger partial charge on any atom is -0.790 e. The van der Waals surface area contributed by atoms with Gasteiger partial charge in [-0.15, -0.1) is 0 Å². The largest absolute Gasteiger partial charge is 0.790 e. The second-order valence-corrected chi connectivity index (χ2v) is 10.9. The van der Waals surface area contributed by atoms with Crippen molar-refractivity contribution >= 4 is 23.5 Å². The van der Waals surface area contributed by atoms with E-state index in [1.165, 1.54) is 17.7 Å². The molecule has 1 aromatic rings. The highest BCUT2D eigenvalue weighted by Gasteiger charge is 2.60. The SMILES string of the molecule is Cc1cn([C@H]2C=C[C@]3(COP(=O)([O-])OP(=O)([O-])OP(=O)([O-])[O-])C[C@H]23)c(=O)[nH]c1=O.[NH4+].[NH4+].[NH4+].[NH4+]. The molecule has 3 rings (SSSR count). The van der Waals surface area contributed by atoms with Crippen molar-refractivity contribution in [1.82, 2.24) is 34.2 Å². The summed E-state index contributed by atoms with van der Waals surface area (Å²) in [5.74, 6) is -0.274. The summed E-state index contributed by atoms with van der Waals surface area (Å²) < 4.78 is 45.5. The van der Waals surface area contributed by atoms with Crippen LogP contribution in [0.5, 0.6) is 0 Å². The number of aryl methyl sites for hydroxylation is 1. The summed E-state index contributed by atoms with van der Waals surface area (Å²) in [6.45, 7) is 0.947. The molecule has 1 fully saturated rings. The number of aromatic nitrogens is 2. The highest BCUT2D eigenvalue weighted by atomic mass is 31.3. The van der Waals surface area contributed by atoms with Gasteiger partial charge in [0.2, 0.25) is 0 Å². The van der Waals surface area contributed by atoms with Crippen molar-refractivity contribution in [2.75, 3.05) is 6.61 Å². The molecule has 0 spiro atoms. The molecule has 1 aromatic heterocycles. The van der Waals surface area contributed by atoms with E-state index < -0.39 is 52.8 Å². The molecule has 5 atom stereocenters. The smallest absolute Gasteiger partial charge is 0.328 e. The zero-order chi connectivity index (χ0) is 21.8. The standard InChI is InChI=1S/C12H17N2O12P3.4H3N/c1-7-5-14(11(16)13-10(7)15)9-2-3-12(4-8(9)12)6-24-28(20,21)26-29(22,23)25-27(17,18)19;;;;/h2-3,5,8-9H,4,6H2,1H3,(H,20,21)(H,22,23)(H,13,15,16)(H2,17,18,19);4*1H3/t8-,9+,12-;;;;/m1..../s1. The summed E-state index contributed by atoms with van der Waals surface area (Å²) in [4.78, 5) is 69.1. The molecule has 0 aromatic carbocycles. The first-order valence-electron chi connectivity index (χ1n) is 7.86. The maximum absolute atomic E-state index is 12.0. The zero-order valence-corrected chi connectivity index (χ0v) is 21.2. The quantitative estimate of drug-likeness (QED) is 0.201. The predicted octanol–water partition coefficient (Wildman–Crippen LogP) is -0.718. The van der Waals surface area contributed by atoms with Crippen molar-refractivity contribution in [3.8, 4) is 0 Å². The Hall–Kier alpha value is -1.33. The van der Waals surface area contributed by atoms with Gasteiger partial charge in [-0.2, -0.15) is 0 Å². The molecular formula is C12H29N6O12P3. The van der Waals surface area contributed by atoms with E-state index >= 15 is 0 Å². The number of nitrogens with zero attached hydrogens (tertiary/aromatic N) is 1. The lowest BCUT2D eigenvalue weighted by molar-refractivity contribution is -0.339. The number of hydrogen-bond acceptors (Lipinski definition) is 12. The number of hydrogen-bond donors (Lipinski definition) is 5. The van der Waals surface area contributed by atoms with Gasteiger partial charge < -0.3 is 53.3 Å². The van der Waals surface area contributed by atoms with Crippen LogP contribution in [0.1, 0.15) is 18.0 Å². The molecule has 194 valence electrons. The van der Waals surface area contributed by atoms with Crippen molar-refractivity contribution < 1.29 is 46.4 Å². The fourth-order valence-electron chi connectivity index (χ4n) is 3.22. The van der Waals surface area contributed by atoms with Crippen LogP contribution in [0.25, 0.3) is 0 Å². The number of aromatic amines is 1. The third-order valence-corrected chi connectivity index (χ3v) is 8.22. The predicted molar refractivity (Wildman–Crippen MR) is 110 cm³/mol. The van der Waals surface area contributed by atoms with Crippen LogP contribution in [0.3, 0.4) is 0 Å². The Morgan fingerprint density at radius 2 is 1.64 bits per heavy atom. The fraction of sp³-hybridized carbons (Fsp3) is 0.500. The van der Waals surface area contributed by atoms with Gasteiger partial charge in [0.05, 0.1) is 20.5 Å². The number of phosphoric acid groups is 3. The van der Waals surface area contributed by atoms with Crippen LogP contribution in [0.2, 0.25) is 0 Å². The van der Waals surface area contributed by atoms with E-state index in [-0.39, 0.29) is 30.5 Å². The Labute approximate surface area is 186 Å². The monoisotopic (exact) mass is 542 g/mol. The van der Waals surface area contributed by atoms with Gasteiger partial charge in [-0.1, -0.05) is 12.2 Å². The number of nitrogens with one attached hydrogen (secondary N) is 1. The highest BCUT2D eigenvalue weighted by molar-refractivity contribution is 7.64. The van der Waals surface area contributed by atoms with Gasteiger partial charge in [-0.05, 0) is 19.3 Å². The van der Waals surface area contributed by atoms with Gasteiger partial charge in [0.1, 0.15) is 0 Å². The minimum atomic E-state index is -6.06. The normalized spacial score (nSPS) is 26.2. The first kappa shape index (κ1) is 33.8. The Morgan fingerprint density at radius 3 is 2.15 bits per heavy atom. The molecule has 17 N–H and O–H groups in total. The van der Waals surface area contributed by atoms with Crippen LogP contribution < -0.4 is 55.4 Å². The van der Waals surface area contributed by atoms with Crippen molar-refractivity contribution in [3.63, 3.8) is 0 Å². The second kappa shape index (κ2) is 10.9. The number of phosphoric ester groups is 1. The van der Waals surface area contributed by atoms with E-state index in [0.717, 1.165) is 0 Å². The molecular weight excluding hydrogens is 513 g/mol. The van der Waals surface area contributed by atoms with Gasteiger partial charge in [0, 0.05) is 17.2 Å². The van der Waals surface area contributed by atoms with Crippen LogP contribution in [-0.4, -0.2) is 16.2 Å². The van der Waals surface area contributed by atoms with Crippen LogP contribution in [0, 0.1) is 18.3 Å². The maximum atomic E-state index is 12.0. The van der Waals surface area contributed by atoms with Crippen LogP contribution in [0.4, 0.5) is 0 Å². The average Bonchev–Trinajstić information content (AvgIpc) is 3.12. The van der Waals surface area contributed by atoms with Crippen molar-refractivity contribution in [3.05, 3.63) is 44.8 Å². The number of rotatable bonds is 8. The van der Waals surface area contributed by atoms with E-state index in [2.05, 4.69) is 18.1 Å². The Morgan fingerprint density at radius 1 is 1.06 bits per heavy atom. The molecule has 2 aliphatic rings. The van der Waals surface area contributed by atoms with Crippen molar-refractivity contribution in [2.45, 2.75) is 19.4 Å². The number of H-pyrrole nitrogens is 1. The van der Waals surface area contributed by atoms with Crippen LogP contribution >= 0.6 is 23.5 Å². The molecule has 2 unspecified atom stereocenters. The van der Waals surface area contributed by atoms with E-state index in [0.29, 0.717) is 12.0 Å². The molecule has 1 saturated carbocycles. The number of allylic oxidation sites excluding steroid dienone is 1. The van der Waals surface area contributed by atoms with Crippen molar-refractivity contribution in [2.24, 2.45) is 11.3 Å². The Balaban J connectivity index is 0. The fourth-order valence-corrected chi connectivity index (χ4v) is 6.15. The van der Waals surface area contributed by atoms with Gasteiger partial charge in [0.25, 0.3) is 21.2 Å². The Bertz CT molecular complexity index is 1130. The third-order valence-electron chi connectivity index (χ3n) is 4.57. The molecule has 0 aliphatic heterocycles. The van der Waals surface area contributed by atoms with Crippen LogP contribution in [-0.2, 0) is 26.8 Å². The summed E-state index contributed by atoms with van der Waals surface area (Å²) >= 11 is 0. The summed E-state index contributed by atoms with van der Waals surface area (Å²) in [7, 11) is -17.7. The first-order chi connectivity index (χ1) is 13.1. The molecule has 0 radical (unpaired) electrons. The molecule has 33 heavy (non-hydrogen) atoms. The van der Waals surface area contributed by atoms with E-state index in [9.17, 15) is 42.9 Å². The summed E-state index contributed by atoms with van der Waals surface area (Å²) in [6, 6.07) is -0.491. The van der Waals surface area contributed by atoms with Gasteiger partial charge >= 0.3 is 5.69 Å². The molecule has 0 saturated heterocycles. The van der Waals surface area contributed by atoms with Gasteiger partial charge in [-0.3, -0.25) is 27.8 Å². The third kappa shape index (κ3) is 7.85. The molecule has 2 aliphatic carbocycles. The lowest BCUT2D eigenvalue weighted by atomic mass is 10.1. The molecule has 21 heteroatoms. The molecule has 0 bridgehead atoms. The van der Waals surface area contributed by atoms with E-state index in [4.69, 9.17) is 0 Å². The molecule has 1 heterocycles. The average molecular weight is 542 g/mol. The minimum absolute atomic E-state index is 0. The summed E-state index contributed by atoms with van der Waals surface area (Å²) in [5.41, 5.74) is -1.73. The Kier molecular flexibility index (Phi) is 11.2. The molecule has 0 amide bonds. The highest BCUT2D eigenvalue weighted by Crippen LogP contribution is 2.66. The number of fused-ring (bicyclic) bond motifs is 1. The first-order valence-corrected chi connectivity index (χ1v) is 12.2. The van der Waals surface area contributed by atoms with Gasteiger partial charge in [0.15, 0.2) is 0 Å². The number of quaternary nitrogens is 4. The summed E-state index contributed by atoms with van der Waals surface area (Å²) in [6.07, 6.45) is 4.95. The maximum Gasteiger partial charge on any atom is 0.328 e. The topological polar surface area (TPSA) is 372 Å². The second-order valence-electron chi connectivity index (χ2n) is 6.65. The lowest BCUT2D eigenvalue weighted by Gasteiger charge is -2.37. The van der Waals surface area contributed by atoms with Gasteiger partial charge in [-0.25, -0.2) is 9.11 Å². The summed E-state index contributed by atoms with van der Waals surface area (Å²) in [5, 5.41) is 0. The zero-order valence-electron chi connectivity index (χ0n) is 18.5. The lowest BCUT2D eigenvalue weighted by Crippen LogP contribution is -2.33. The van der Waals surface area contributed by atoms with E-state index in [1.807, 2.05) is 0 Å². The molecule has 18 nitrogen and oxygen atoms in total. The van der Waals surface area contributed by atoms with E-state index in [1.54, 1.807) is 12.2 Å². The van der Waals surface area contributed by atoms with Crippen LogP contribution in [0.15, 0.2) is 27.9 Å². The van der Waals surface area contributed by atoms with Crippen molar-refractivity contribution in [1.29, 1.82) is 0 Å².